The van der Waals surface area contributed by atoms with E-state index in [0.717, 1.165) is 36.0 Å². The second-order valence-corrected chi connectivity index (χ2v) is 15.3. The molecule has 7 heteroatoms. The summed E-state index contributed by atoms with van der Waals surface area (Å²) in [6.07, 6.45) is 7.14. The van der Waals surface area contributed by atoms with Gasteiger partial charge in [-0.25, -0.2) is 0 Å². The van der Waals surface area contributed by atoms with E-state index < -0.39 is 47.3 Å². The normalized spacial score (nSPS) is 37.8. The summed E-state index contributed by atoms with van der Waals surface area (Å²) in [6.45, 7) is 7.86. The van der Waals surface area contributed by atoms with Crippen molar-refractivity contribution in [1.82, 2.24) is 0 Å². The summed E-state index contributed by atoms with van der Waals surface area (Å²) in [4.78, 5) is 26.0. The maximum absolute atomic E-state index is 13.8. The summed E-state index contributed by atoms with van der Waals surface area (Å²) in [6, 6.07) is 13.9. The number of hydrogen-bond donors (Lipinski definition) is 3. The molecule has 0 radical (unpaired) electrons. The van der Waals surface area contributed by atoms with Gasteiger partial charge in [-0.2, -0.15) is 0 Å². The van der Waals surface area contributed by atoms with E-state index in [4.69, 9.17) is 9.47 Å². The van der Waals surface area contributed by atoms with Gasteiger partial charge in [0.25, 0.3) is 0 Å². The van der Waals surface area contributed by atoms with Gasteiger partial charge >= 0.3 is 0 Å². The lowest BCUT2D eigenvalue weighted by Gasteiger charge is -2.59. The van der Waals surface area contributed by atoms with Crippen molar-refractivity contribution in [3.8, 4) is 5.75 Å². The highest BCUT2D eigenvalue weighted by Gasteiger charge is 2.75. The van der Waals surface area contributed by atoms with Gasteiger partial charge in [-0.05, 0) is 84.8 Å². The van der Waals surface area contributed by atoms with Crippen LogP contribution in [0.4, 0.5) is 0 Å². The van der Waals surface area contributed by atoms with Crippen LogP contribution < -0.4 is 0 Å². The van der Waals surface area contributed by atoms with Crippen LogP contribution in [-0.4, -0.2) is 51.3 Å². The molecule has 46 heavy (non-hydrogen) atoms. The summed E-state index contributed by atoms with van der Waals surface area (Å²) in [5.41, 5.74) is 2.24. The first-order valence-corrected chi connectivity index (χ1v) is 16.9. The molecular weight excluding hydrogens is 580 g/mol. The Balaban J connectivity index is 1.16. The largest absolute Gasteiger partial charge is 0.508 e. The van der Waals surface area contributed by atoms with Crippen LogP contribution in [0.25, 0.3) is 0 Å². The average Bonchev–Trinajstić information content (AvgIpc) is 3.51. The van der Waals surface area contributed by atoms with E-state index in [0.29, 0.717) is 30.7 Å². The minimum Gasteiger partial charge on any atom is -0.508 e. The molecule has 1 aliphatic heterocycles. The van der Waals surface area contributed by atoms with Gasteiger partial charge in [0.15, 0.2) is 23.5 Å². The molecule has 1 heterocycles. The number of rotatable bonds is 7. The van der Waals surface area contributed by atoms with Crippen molar-refractivity contribution in [2.24, 2.45) is 34.5 Å². The third-order valence-corrected chi connectivity index (χ3v) is 12.2. The Hall–Kier alpha value is -3.10. The molecule has 0 unspecified atom stereocenters. The van der Waals surface area contributed by atoms with Gasteiger partial charge in [-0.15, -0.1) is 0 Å². The number of phenols is 1. The summed E-state index contributed by atoms with van der Waals surface area (Å²) < 4.78 is 13.3. The van der Waals surface area contributed by atoms with Crippen molar-refractivity contribution >= 4 is 11.6 Å². The highest BCUT2D eigenvalue weighted by molar-refractivity contribution is 6.01. The Morgan fingerprint density at radius 1 is 1.11 bits per heavy atom. The van der Waals surface area contributed by atoms with Crippen LogP contribution in [0.3, 0.4) is 0 Å². The predicted octanol–water partition coefficient (Wildman–Crippen LogP) is 5.78. The van der Waals surface area contributed by atoms with Crippen molar-refractivity contribution in [1.29, 1.82) is 0 Å². The summed E-state index contributed by atoms with van der Waals surface area (Å²) in [5, 5.41) is 33.2. The van der Waals surface area contributed by atoms with Crippen molar-refractivity contribution < 1.29 is 34.4 Å². The lowest BCUT2D eigenvalue weighted by atomic mass is 9.46. The van der Waals surface area contributed by atoms with E-state index in [9.17, 15) is 24.9 Å². The highest BCUT2D eigenvalue weighted by Crippen LogP contribution is 2.70. The van der Waals surface area contributed by atoms with Crippen LogP contribution >= 0.6 is 0 Å². The number of carbonyl (C=O) groups excluding carboxylic acids is 2. The molecule has 2 aromatic carbocycles. The zero-order valence-electron chi connectivity index (χ0n) is 27.2. The number of aliphatic hydroxyl groups excluding tert-OH is 2. The second kappa shape index (κ2) is 11.3. The monoisotopic (exact) mass is 626 g/mol. The van der Waals surface area contributed by atoms with Crippen LogP contribution in [-0.2, 0) is 31.9 Å². The number of fused-ring (bicyclic) bond motifs is 7. The second-order valence-electron chi connectivity index (χ2n) is 15.3. The SMILES string of the molecule is CC(C)Cc1cccc(Cc2ccc([C@H]3O[C@@H]4C[C@H]5[C@@H]6CCC7=CC(=O)C=C[C@]7(C)[C@H]6[C@@H](O)C[C@]5(C)[C@]4(C(=O)CO)O3)cc2O)c1. The van der Waals surface area contributed by atoms with Crippen molar-refractivity contribution in [2.45, 2.75) is 90.3 Å². The third kappa shape index (κ3) is 4.68. The van der Waals surface area contributed by atoms with Crippen LogP contribution in [0.15, 0.2) is 66.3 Å². The molecule has 2 aromatic rings. The number of benzene rings is 2. The number of phenolic OH excluding ortho intramolecular Hbond substituents is 1. The molecule has 3 saturated carbocycles. The fraction of sp³-hybridized carbons (Fsp3) is 0.538. The molecule has 0 aromatic heterocycles. The van der Waals surface area contributed by atoms with Gasteiger partial charge in [0.1, 0.15) is 12.4 Å². The number of Topliss-reactive ketones (excluding diaryl/α,β-unsaturated/α-hetero) is 1. The highest BCUT2D eigenvalue weighted by atomic mass is 16.7. The molecular formula is C39H46O7. The summed E-state index contributed by atoms with van der Waals surface area (Å²) >= 11 is 0. The molecule has 0 bridgehead atoms. The first-order chi connectivity index (χ1) is 21.9. The van der Waals surface area contributed by atoms with E-state index >= 15 is 0 Å². The topological polar surface area (TPSA) is 113 Å². The van der Waals surface area contributed by atoms with Crippen LogP contribution in [0.2, 0.25) is 0 Å². The van der Waals surface area contributed by atoms with E-state index in [1.165, 1.54) is 5.56 Å². The minimum atomic E-state index is -1.43. The van der Waals surface area contributed by atoms with E-state index in [-0.39, 0.29) is 29.3 Å². The maximum Gasteiger partial charge on any atom is 0.193 e. The van der Waals surface area contributed by atoms with Gasteiger partial charge in [0.2, 0.25) is 0 Å². The summed E-state index contributed by atoms with van der Waals surface area (Å²) in [7, 11) is 0. The number of carbonyl (C=O) groups is 2. The maximum atomic E-state index is 13.8. The number of ketones is 2. The predicted molar refractivity (Wildman–Crippen MR) is 173 cm³/mol. The van der Waals surface area contributed by atoms with E-state index in [1.54, 1.807) is 18.2 Å². The fourth-order valence-electron chi connectivity index (χ4n) is 10.3. The number of aliphatic hydroxyl groups is 2. The summed E-state index contributed by atoms with van der Waals surface area (Å²) in [5.74, 6) is 0.279. The smallest absolute Gasteiger partial charge is 0.193 e. The van der Waals surface area contributed by atoms with Crippen LogP contribution in [0.1, 0.15) is 81.9 Å². The Morgan fingerprint density at radius 3 is 2.63 bits per heavy atom. The van der Waals surface area contributed by atoms with E-state index in [1.807, 2.05) is 25.1 Å². The van der Waals surface area contributed by atoms with Crippen molar-refractivity contribution in [3.63, 3.8) is 0 Å². The quantitative estimate of drug-likeness (QED) is 0.357. The Morgan fingerprint density at radius 2 is 1.89 bits per heavy atom. The molecule has 1 saturated heterocycles. The van der Waals surface area contributed by atoms with Crippen molar-refractivity contribution in [3.05, 3.63) is 88.5 Å². The Kier molecular flexibility index (Phi) is 7.71. The first-order valence-electron chi connectivity index (χ1n) is 16.9. The molecule has 0 amide bonds. The number of aromatic hydroxyl groups is 1. The average molecular weight is 627 g/mol. The zero-order valence-corrected chi connectivity index (χ0v) is 27.2. The van der Waals surface area contributed by atoms with Crippen molar-refractivity contribution in [2.75, 3.05) is 6.61 Å². The molecule has 244 valence electrons. The molecule has 3 N–H and O–H groups in total. The number of ether oxygens (including phenoxy) is 2. The lowest BCUT2D eigenvalue weighted by molar-refractivity contribution is -0.201. The number of hydrogen-bond acceptors (Lipinski definition) is 7. The van der Waals surface area contributed by atoms with Gasteiger partial charge in [-0.1, -0.05) is 75.7 Å². The molecule has 0 spiro atoms. The molecule has 4 aliphatic carbocycles. The zero-order chi connectivity index (χ0) is 32.6. The Labute approximate surface area is 271 Å². The molecule has 9 atom stereocenters. The lowest BCUT2D eigenvalue weighted by Crippen LogP contribution is -2.63. The fourth-order valence-corrected chi connectivity index (χ4v) is 10.3. The first kappa shape index (κ1) is 31.5. The minimum absolute atomic E-state index is 0.00768. The van der Waals surface area contributed by atoms with Crippen LogP contribution in [0, 0.1) is 34.5 Å². The van der Waals surface area contributed by atoms with Gasteiger partial charge in [-0.3, -0.25) is 9.59 Å². The molecule has 5 aliphatic rings. The van der Waals surface area contributed by atoms with E-state index in [2.05, 4.69) is 45.0 Å². The third-order valence-electron chi connectivity index (χ3n) is 12.2. The molecule has 4 fully saturated rings. The van der Waals surface area contributed by atoms with Gasteiger partial charge < -0.3 is 24.8 Å². The standard InChI is InChI=1S/C39H46O7/c1-22(2)14-23-6-5-7-24(15-23)16-25-8-9-26(17-31(25)42)36-45-34-19-30-29-11-10-27-18-28(41)12-13-37(27,3)35(29)32(43)20-38(30,4)39(34,46-36)33(44)21-40/h5-9,12-13,15,17-18,22,29-30,32,34-36,40,42-43H,10-11,14,16,19-21H2,1-4H3/t29-,30-,32-,34+,35+,36-,37-,38-,39+/m0/s1. The Bertz CT molecular complexity index is 1620. The number of allylic oxidation sites excluding steroid dienone is 4. The molecule has 7 rings (SSSR count). The molecule has 7 nitrogen and oxygen atoms in total. The van der Waals surface area contributed by atoms with Crippen LogP contribution in [0.5, 0.6) is 5.75 Å². The van der Waals surface area contributed by atoms with Gasteiger partial charge in [0.05, 0.1) is 12.2 Å². The van der Waals surface area contributed by atoms with Gasteiger partial charge in [0, 0.05) is 28.7 Å².